The van der Waals surface area contributed by atoms with Crippen molar-refractivity contribution in [2.24, 2.45) is 5.92 Å². The van der Waals surface area contributed by atoms with Crippen LogP contribution < -0.4 is 4.74 Å². The van der Waals surface area contributed by atoms with E-state index >= 15 is 0 Å². The number of benzene rings is 1. The highest BCUT2D eigenvalue weighted by molar-refractivity contribution is 5.97. The zero-order valence-corrected chi connectivity index (χ0v) is 17.9. The van der Waals surface area contributed by atoms with E-state index < -0.39 is 0 Å². The number of nitrogens with one attached hydrogen (secondary N) is 1. The maximum absolute atomic E-state index is 11.7. The quantitative estimate of drug-likeness (QED) is 0.612. The van der Waals surface area contributed by atoms with Crippen molar-refractivity contribution in [3.05, 3.63) is 23.9 Å². The second-order valence-electron chi connectivity index (χ2n) is 7.41. The number of methoxy groups -OCH3 is 1. The van der Waals surface area contributed by atoms with Crippen LogP contribution in [-0.2, 0) is 4.74 Å². The molecule has 0 radical (unpaired) electrons. The van der Waals surface area contributed by atoms with E-state index in [1.807, 2.05) is 13.8 Å². The number of fused-ring (bicyclic) bond motifs is 1. The molecule has 1 aromatic heterocycles. The molecule has 5 nitrogen and oxygen atoms in total. The lowest BCUT2D eigenvalue weighted by atomic mass is 9.86. The Labute approximate surface area is 169 Å². The van der Waals surface area contributed by atoms with Crippen LogP contribution in [0.1, 0.15) is 88.9 Å². The number of aromatic nitrogens is 2. The molecule has 0 aliphatic heterocycles. The van der Waals surface area contributed by atoms with E-state index in [0.717, 1.165) is 29.7 Å². The third kappa shape index (κ3) is 6.54. The number of carbonyl (C=O) groups is 1. The van der Waals surface area contributed by atoms with Crippen molar-refractivity contribution in [2.45, 2.75) is 84.7 Å². The average molecular weight is 389 g/mol. The molecule has 0 bridgehead atoms. The van der Waals surface area contributed by atoms with E-state index in [9.17, 15) is 4.79 Å². The number of hydrogen-bond acceptors (Lipinski definition) is 4. The van der Waals surface area contributed by atoms with Gasteiger partial charge in [0.2, 0.25) is 0 Å². The van der Waals surface area contributed by atoms with Gasteiger partial charge < -0.3 is 9.47 Å². The first-order valence-corrected chi connectivity index (χ1v) is 10.9. The summed E-state index contributed by atoms with van der Waals surface area (Å²) in [4.78, 5) is 11.7. The number of ether oxygens (including phenoxy) is 2. The highest BCUT2D eigenvalue weighted by Crippen LogP contribution is 2.32. The van der Waals surface area contributed by atoms with Crippen molar-refractivity contribution in [1.82, 2.24) is 10.2 Å². The standard InChI is InChI=1S/C12H12N2O3.C9H18.C2H6/c1-16-12(15)9-4-7-6-13-14-10(7)5-11(9)17-8-2-3-8;1-2-6-9-7-4-3-5-8-9;1-2/h4-6,8H,2-3H2,1H3,(H,13,14);9H,2-8H2,1H3;1-2H3. The number of carbonyl (C=O) groups excluding carboxylic acids is 1. The molecule has 5 heteroatoms. The zero-order chi connectivity index (χ0) is 20.4. The van der Waals surface area contributed by atoms with Gasteiger partial charge in [-0.1, -0.05) is 65.7 Å². The van der Waals surface area contributed by atoms with Gasteiger partial charge in [-0.15, -0.1) is 0 Å². The van der Waals surface area contributed by atoms with Gasteiger partial charge in [0.15, 0.2) is 0 Å². The van der Waals surface area contributed by atoms with Crippen molar-refractivity contribution < 1.29 is 14.3 Å². The van der Waals surface area contributed by atoms with Crippen LogP contribution in [0.3, 0.4) is 0 Å². The lowest BCUT2D eigenvalue weighted by molar-refractivity contribution is 0.0596. The normalized spacial score (nSPS) is 16.4. The van der Waals surface area contributed by atoms with Gasteiger partial charge in [0.25, 0.3) is 0 Å². The Hall–Kier alpha value is -2.04. The van der Waals surface area contributed by atoms with Crippen LogP contribution >= 0.6 is 0 Å². The molecule has 2 aliphatic carbocycles. The minimum atomic E-state index is -0.385. The highest BCUT2D eigenvalue weighted by atomic mass is 16.5. The van der Waals surface area contributed by atoms with Crippen molar-refractivity contribution in [2.75, 3.05) is 7.11 Å². The number of hydrogen-bond donors (Lipinski definition) is 1. The highest BCUT2D eigenvalue weighted by Gasteiger charge is 2.26. The molecule has 1 aromatic carbocycles. The maximum Gasteiger partial charge on any atom is 0.341 e. The number of nitrogens with zero attached hydrogens (tertiary/aromatic N) is 1. The zero-order valence-electron chi connectivity index (χ0n) is 17.9. The summed E-state index contributed by atoms with van der Waals surface area (Å²) in [5.41, 5.74) is 1.31. The van der Waals surface area contributed by atoms with Gasteiger partial charge in [-0.3, -0.25) is 5.10 Å². The molecule has 28 heavy (non-hydrogen) atoms. The van der Waals surface area contributed by atoms with Crippen LogP contribution in [0, 0.1) is 5.92 Å². The van der Waals surface area contributed by atoms with Crippen molar-refractivity contribution in [3.8, 4) is 5.75 Å². The van der Waals surface area contributed by atoms with E-state index in [4.69, 9.17) is 9.47 Å². The Morgan fingerprint density at radius 3 is 2.46 bits per heavy atom. The summed E-state index contributed by atoms with van der Waals surface area (Å²) in [6, 6.07) is 3.54. The molecule has 0 saturated heterocycles. The van der Waals surface area contributed by atoms with E-state index in [1.165, 1.54) is 52.1 Å². The predicted molar refractivity (Wildman–Crippen MR) is 114 cm³/mol. The first-order valence-electron chi connectivity index (χ1n) is 10.9. The largest absolute Gasteiger partial charge is 0.489 e. The summed E-state index contributed by atoms with van der Waals surface area (Å²) in [5, 5.41) is 7.66. The van der Waals surface area contributed by atoms with Crippen LogP contribution in [0.4, 0.5) is 0 Å². The maximum atomic E-state index is 11.7. The summed E-state index contributed by atoms with van der Waals surface area (Å²) >= 11 is 0. The fraction of sp³-hybridized carbons (Fsp3) is 0.652. The van der Waals surface area contributed by atoms with Gasteiger partial charge >= 0.3 is 5.97 Å². The first-order chi connectivity index (χ1) is 13.7. The topological polar surface area (TPSA) is 64.2 Å². The van der Waals surface area contributed by atoms with Crippen molar-refractivity contribution in [3.63, 3.8) is 0 Å². The molecule has 0 unspecified atom stereocenters. The summed E-state index contributed by atoms with van der Waals surface area (Å²) < 4.78 is 10.5. The Morgan fingerprint density at radius 1 is 1.14 bits per heavy atom. The molecule has 1 N–H and O–H groups in total. The summed E-state index contributed by atoms with van der Waals surface area (Å²) in [6.07, 6.45) is 14.4. The molecule has 2 aliphatic rings. The van der Waals surface area contributed by atoms with E-state index in [-0.39, 0.29) is 12.1 Å². The van der Waals surface area contributed by atoms with Crippen LogP contribution in [0.5, 0.6) is 5.75 Å². The van der Waals surface area contributed by atoms with Gasteiger partial charge in [-0.05, 0) is 24.8 Å². The molecular weight excluding hydrogens is 352 g/mol. The molecule has 0 amide bonds. The molecule has 0 spiro atoms. The molecule has 2 aromatic rings. The first kappa shape index (κ1) is 22.3. The molecule has 156 valence electrons. The molecule has 1 heterocycles. The third-order valence-electron chi connectivity index (χ3n) is 5.19. The smallest absolute Gasteiger partial charge is 0.341 e. The molecule has 2 saturated carbocycles. The molecule has 2 fully saturated rings. The minimum Gasteiger partial charge on any atom is -0.489 e. The van der Waals surface area contributed by atoms with E-state index in [1.54, 1.807) is 18.3 Å². The Bertz CT molecular complexity index is 713. The summed E-state index contributed by atoms with van der Waals surface area (Å²) in [5.74, 6) is 1.28. The van der Waals surface area contributed by atoms with Gasteiger partial charge in [0.1, 0.15) is 11.3 Å². The molecular formula is C23H36N2O3. The summed E-state index contributed by atoms with van der Waals surface area (Å²) in [7, 11) is 1.36. The fourth-order valence-electron chi connectivity index (χ4n) is 3.59. The minimum absolute atomic E-state index is 0.235. The van der Waals surface area contributed by atoms with E-state index in [0.29, 0.717) is 11.3 Å². The predicted octanol–water partition coefficient (Wildman–Crippen LogP) is 6.28. The molecule has 0 atom stereocenters. The van der Waals surface area contributed by atoms with Crippen LogP contribution in [0.25, 0.3) is 10.9 Å². The number of esters is 1. The SMILES string of the molecule is CC.CCCC1CCCCC1.COC(=O)c1cc2cn[nH]c2cc1OC1CC1. The Kier molecular flexibility index (Phi) is 9.32. The lowest BCUT2D eigenvalue weighted by Gasteiger charge is -2.20. The second kappa shape index (κ2) is 11.7. The van der Waals surface area contributed by atoms with Crippen molar-refractivity contribution >= 4 is 16.9 Å². The Morgan fingerprint density at radius 2 is 1.86 bits per heavy atom. The summed E-state index contributed by atoms with van der Waals surface area (Å²) in [6.45, 7) is 6.30. The Balaban J connectivity index is 0.000000216. The van der Waals surface area contributed by atoms with E-state index in [2.05, 4.69) is 17.1 Å². The number of aromatic amines is 1. The van der Waals surface area contributed by atoms with Crippen LogP contribution in [-0.4, -0.2) is 29.4 Å². The van der Waals surface area contributed by atoms with Crippen LogP contribution in [0.15, 0.2) is 18.3 Å². The molecule has 4 rings (SSSR count). The van der Waals surface area contributed by atoms with Gasteiger partial charge in [0, 0.05) is 11.5 Å². The monoisotopic (exact) mass is 388 g/mol. The van der Waals surface area contributed by atoms with Gasteiger partial charge in [-0.2, -0.15) is 5.10 Å². The fourth-order valence-corrected chi connectivity index (χ4v) is 3.59. The van der Waals surface area contributed by atoms with Crippen LogP contribution in [0.2, 0.25) is 0 Å². The van der Waals surface area contributed by atoms with Gasteiger partial charge in [0.05, 0.1) is 24.9 Å². The number of H-pyrrole nitrogens is 1. The average Bonchev–Trinajstić information content (AvgIpc) is 3.44. The number of rotatable bonds is 5. The second-order valence-corrected chi connectivity index (χ2v) is 7.41. The van der Waals surface area contributed by atoms with Gasteiger partial charge in [-0.25, -0.2) is 4.79 Å². The lowest BCUT2D eigenvalue weighted by Crippen LogP contribution is -2.06. The third-order valence-corrected chi connectivity index (χ3v) is 5.19. The van der Waals surface area contributed by atoms with Crippen molar-refractivity contribution in [1.29, 1.82) is 0 Å².